The molecule has 0 radical (unpaired) electrons. The van der Waals surface area contributed by atoms with E-state index in [0.717, 1.165) is 32.5 Å². The van der Waals surface area contributed by atoms with Crippen molar-refractivity contribution in [3.05, 3.63) is 0 Å². The van der Waals surface area contributed by atoms with Crippen molar-refractivity contribution >= 4 is 12.0 Å². The summed E-state index contributed by atoms with van der Waals surface area (Å²) in [7, 11) is 0. The van der Waals surface area contributed by atoms with E-state index in [1.807, 2.05) is 6.92 Å². The van der Waals surface area contributed by atoms with Gasteiger partial charge in [-0.25, -0.2) is 9.59 Å². The molecule has 7 heteroatoms. The average molecular weight is 303 g/mol. The van der Waals surface area contributed by atoms with Crippen molar-refractivity contribution in [2.75, 3.05) is 26.2 Å². The summed E-state index contributed by atoms with van der Waals surface area (Å²) in [5.41, 5.74) is 0. The molecule has 0 heterocycles. The van der Waals surface area contributed by atoms with Crippen molar-refractivity contribution in [2.24, 2.45) is 0 Å². The van der Waals surface area contributed by atoms with Gasteiger partial charge in [0.1, 0.15) is 0 Å². The molecule has 0 aliphatic heterocycles. The maximum absolute atomic E-state index is 11.6. The largest absolute Gasteiger partial charge is 0.479 e. The van der Waals surface area contributed by atoms with Crippen LogP contribution in [0, 0.1) is 0 Å². The summed E-state index contributed by atoms with van der Waals surface area (Å²) in [5.74, 6) is -1.28. The molecule has 4 N–H and O–H groups in total. The highest BCUT2D eigenvalue weighted by atomic mass is 16.4. The number of nitrogens with one attached hydrogen (secondary N) is 2. The highest BCUT2D eigenvalue weighted by Gasteiger charge is 2.13. The Bertz CT molecular complexity index is 309. The second kappa shape index (κ2) is 11.3. The number of aliphatic hydroxyl groups is 1. The molecule has 0 spiro atoms. The molecule has 0 aliphatic rings. The fourth-order valence-corrected chi connectivity index (χ4v) is 1.95. The number of carboxylic acids is 1. The molecule has 0 aromatic heterocycles. The topological polar surface area (TPSA) is 102 Å². The number of nitrogens with zero attached hydrogens (tertiary/aromatic N) is 1. The van der Waals surface area contributed by atoms with Gasteiger partial charge in [0.25, 0.3) is 0 Å². The standard InChI is InChI=1S/C14H29N3O4/c1-4-17(5-2)10-6-7-11(3)16-14(21)15-9-8-12(18)13(19)20/h11-12,18H,4-10H2,1-3H3,(H,19,20)(H2,15,16,21). The lowest BCUT2D eigenvalue weighted by molar-refractivity contribution is -0.146. The van der Waals surface area contributed by atoms with Gasteiger partial charge >= 0.3 is 12.0 Å². The first-order valence-electron chi connectivity index (χ1n) is 7.58. The van der Waals surface area contributed by atoms with E-state index in [4.69, 9.17) is 10.2 Å². The van der Waals surface area contributed by atoms with Gasteiger partial charge in [0.15, 0.2) is 6.10 Å². The van der Waals surface area contributed by atoms with Crippen LogP contribution in [0.4, 0.5) is 4.79 Å². The third-order valence-electron chi connectivity index (χ3n) is 3.37. The van der Waals surface area contributed by atoms with E-state index in [1.165, 1.54) is 0 Å². The van der Waals surface area contributed by atoms with Crippen molar-refractivity contribution in [3.8, 4) is 0 Å². The molecule has 0 aromatic rings. The predicted molar refractivity (Wildman–Crippen MR) is 81.3 cm³/mol. The van der Waals surface area contributed by atoms with Crippen molar-refractivity contribution in [1.82, 2.24) is 15.5 Å². The lowest BCUT2D eigenvalue weighted by Crippen LogP contribution is -2.42. The molecule has 0 bridgehead atoms. The molecule has 2 amide bonds. The van der Waals surface area contributed by atoms with Gasteiger partial charge in [0.2, 0.25) is 0 Å². The molecule has 0 saturated carbocycles. The molecule has 0 saturated heterocycles. The maximum Gasteiger partial charge on any atom is 0.332 e. The minimum absolute atomic E-state index is 0.000899. The monoisotopic (exact) mass is 303 g/mol. The van der Waals surface area contributed by atoms with Crippen LogP contribution in [-0.2, 0) is 4.79 Å². The molecule has 7 nitrogen and oxygen atoms in total. The fourth-order valence-electron chi connectivity index (χ4n) is 1.95. The van der Waals surface area contributed by atoms with Crippen molar-refractivity contribution in [2.45, 2.75) is 52.2 Å². The Hall–Kier alpha value is -1.34. The number of carbonyl (C=O) groups excluding carboxylic acids is 1. The highest BCUT2D eigenvalue weighted by molar-refractivity contribution is 5.74. The number of hydrogen-bond donors (Lipinski definition) is 4. The van der Waals surface area contributed by atoms with Crippen LogP contribution in [0.2, 0.25) is 0 Å². The number of aliphatic carboxylic acids is 1. The Kier molecular flexibility index (Phi) is 10.6. The SMILES string of the molecule is CCN(CC)CCCC(C)NC(=O)NCCC(O)C(=O)O. The summed E-state index contributed by atoms with van der Waals surface area (Å²) in [6, 6.07) is -0.270. The van der Waals surface area contributed by atoms with Crippen molar-refractivity contribution in [3.63, 3.8) is 0 Å². The van der Waals surface area contributed by atoms with Gasteiger partial charge < -0.3 is 25.7 Å². The zero-order valence-electron chi connectivity index (χ0n) is 13.3. The van der Waals surface area contributed by atoms with Crippen molar-refractivity contribution < 1.29 is 19.8 Å². The summed E-state index contributed by atoms with van der Waals surface area (Å²) in [4.78, 5) is 24.3. The minimum atomic E-state index is -1.43. The van der Waals surface area contributed by atoms with Gasteiger partial charge in [0, 0.05) is 19.0 Å². The van der Waals surface area contributed by atoms with Gasteiger partial charge in [-0.05, 0) is 39.4 Å². The second-order valence-corrected chi connectivity index (χ2v) is 5.11. The first-order valence-corrected chi connectivity index (χ1v) is 7.58. The number of urea groups is 1. The summed E-state index contributed by atoms with van der Waals surface area (Å²) in [5, 5.41) is 22.9. The Balaban J connectivity index is 3.72. The molecule has 0 rings (SSSR count). The Morgan fingerprint density at radius 1 is 1.19 bits per heavy atom. The Morgan fingerprint density at radius 3 is 2.33 bits per heavy atom. The fraction of sp³-hybridized carbons (Fsp3) is 0.857. The minimum Gasteiger partial charge on any atom is -0.479 e. The highest BCUT2D eigenvalue weighted by Crippen LogP contribution is 1.99. The molecule has 2 atom stereocenters. The summed E-state index contributed by atoms with van der Waals surface area (Å²) in [6.45, 7) is 9.41. The zero-order chi connectivity index (χ0) is 16.3. The van der Waals surface area contributed by atoms with Crippen LogP contribution in [0.25, 0.3) is 0 Å². The predicted octanol–water partition coefficient (Wildman–Crippen LogP) is 0.632. The first-order chi connectivity index (χ1) is 9.90. The summed E-state index contributed by atoms with van der Waals surface area (Å²) >= 11 is 0. The third-order valence-corrected chi connectivity index (χ3v) is 3.37. The van der Waals surface area contributed by atoms with Crippen LogP contribution in [0.15, 0.2) is 0 Å². The van der Waals surface area contributed by atoms with E-state index in [2.05, 4.69) is 29.4 Å². The molecule has 2 unspecified atom stereocenters. The number of rotatable bonds is 11. The van der Waals surface area contributed by atoms with E-state index in [1.54, 1.807) is 0 Å². The van der Waals surface area contributed by atoms with Crippen LogP contribution in [0.3, 0.4) is 0 Å². The Labute approximate surface area is 126 Å². The Morgan fingerprint density at radius 2 is 1.81 bits per heavy atom. The zero-order valence-corrected chi connectivity index (χ0v) is 13.3. The van der Waals surface area contributed by atoms with Gasteiger partial charge in [-0.2, -0.15) is 0 Å². The summed E-state index contributed by atoms with van der Waals surface area (Å²) < 4.78 is 0. The number of carbonyl (C=O) groups is 2. The van der Waals surface area contributed by atoms with Gasteiger partial charge in [0.05, 0.1) is 0 Å². The summed E-state index contributed by atoms with van der Waals surface area (Å²) in [6.07, 6.45) is 0.471. The van der Waals surface area contributed by atoms with E-state index in [9.17, 15) is 9.59 Å². The molecule has 0 fully saturated rings. The van der Waals surface area contributed by atoms with Gasteiger partial charge in [-0.1, -0.05) is 13.8 Å². The number of amides is 2. The van der Waals surface area contributed by atoms with E-state index in [-0.39, 0.29) is 25.0 Å². The van der Waals surface area contributed by atoms with Crippen LogP contribution < -0.4 is 10.6 Å². The van der Waals surface area contributed by atoms with E-state index >= 15 is 0 Å². The average Bonchev–Trinajstić information content (AvgIpc) is 2.43. The van der Waals surface area contributed by atoms with Gasteiger partial charge in [-0.15, -0.1) is 0 Å². The lowest BCUT2D eigenvalue weighted by Gasteiger charge is -2.20. The number of aliphatic hydroxyl groups excluding tert-OH is 1. The lowest BCUT2D eigenvalue weighted by atomic mass is 10.2. The van der Waals surface area contributed by atoms with Crippen LogP contribution in [-0.4, -0.2) is 65.4 Å². The van der Waals surface area contributed by atoms with Crippen LogP contribution in [0.5, 0.6) is 0 Å². The molecule has 21 heavy (non-hydrogen) atoms. The molecule has 0 aliphatic carbocycles. The molecule has 0 aromatic carbocycles. The second-order valence-electron chi connectivity index (χ2n) is 5.11. The smallest absolute Gasteiger partial charge is 0.332 e. The van der Waals surface area contributed by atoms with E-state index < -0.39 is 12.1 Å². The van der Waals surface area contributed by atoms with E-state index in [0.29, 0.717) is 0 Å². The number of carboxylic acid groups (broad SMARTS) is 1. The maximum atomic E-state index is 11.6. The normalized spacial score (nSPS) is 13.8. The number of hydrogen-bond acceptors (Lipinski definition) is 4. The first kappa shape index (κ1) is 19.7. The molecular weight excluding hydrogens is 274 g/mol. The molecular formula is C14H29N3O4. The third kappa shape index (κ3) is 10.1. The van der Waals surface area contributed by atoms with Gasteiger partial charge in [-0.3, -0.25) is 0 Å². The van der Waals surface area contributed by atoms with Crippen molar-refractivity contribution in [1.29, 1.82) is 0 Å². The van der Waals surface area contributed by atoms with Crippen LogP contribution in [0.1, 0.15) is 40.0 Å². The quantitative estimate of drug-likeness (QED) is 0.448. The van der Waals surface area contributed by atoms with Crippen LogP contribution >= 0.6 is 0 Å². The molecule has 124 valence electrons.